The molecular weight excluding hydrogens is 320 g/mol. The molecule has 0 spiro atoms. The first-order chi connectivity index (χ1) is 12.8. The first-order valence-electron chi connectivity index (χ1n) is 9.40. The topological polar surface area (TPSA) is 32.3 Å². The van der Waals surface area contributed by atoms with Crippen molar-refractivity contribution >= 4 is 28.1 Å². The van der Waals surface area contributed by atoms with Gasteiger partial charge in [-0.15, -0.1) is 0 Å². The molecule has 1 aliphatic rings. The minimum absolute atomic E-state index is 0.0621. The van der Waals surface area contributed by atoms with Gasteiger partial charge in [-0.25, -0.2) is 0 Å². The van der Waals surface area contributed by atoms with E-state index in [1.54, 1.807) is 0 Å². The second-order valence-electron chi connectivity index (χ2n) is 6.97. The minimum atomic E-state index is 0.0621. The molecule has 3 nitrogen and oxygen atoms in total. The monoisotopic (exact) mass is 344 g/mol. The average molecular weight is 344 g/mol. The predicted octanol–water partition coefficient (Wildman–Crippen LogP) is 5.01. The van der Waals surface area contributed by atoms with Crippen LogP contribution in [0.2, 0.25) is 0 Å². The molecule has 3 heteroatoms. The Hall–Kier alpha value is -2.81. The Labute approximate surface area is 154 Å². The number of carbonyl (C=O) groups is 1. The third kappa shape index (κ3) is 3.88. The molecule has 0 aliphatic carbocycles. The molecule has 0 radical (unpaired) electrons. The Bertz CT molecular complexity index is 895. The van der Waals surface area contributed by atoms with Crippen molar-refractivity contribution in [3.05, 3.63) is 72.3 Å². The molecule has 0 aromatic heterocycles. The minimum Gasteiger partial charge on any atom is -0.372 e. The maximum absolute atomic E-state index is 12.3. The molecule has 0 bridgehead atoms. The third-order valence-electron chi connectivity index (χ3n) is 5.08. The highest BCUT2D eigenvalue weighted by Crippen LogP contribution is 2.22. The summed E-state index contributed by atoms with van der Waals surface area (Å²) in [7, 11) is 0. The van der Waals surface area contributed by atoms with Crippen molar-refractivity contribution in [3.8, 4) is 0 Å². The smallest absolute Gasteiger partial charge is 0.224 e. The Kier molecular flexibility index (Phi) is 4.87. The zero-order valence-corrected chi connectivity index (χ0v) is 14.9. The van der Waals surface area contributed by atoms with Crippen LogP contribution >= 0.6 is 0 Å². The van der Waals surface area contributed by atoms with Crippen molar-refractivity contribution < 1.29 is 4.79 Å². The van der Waals surface area contributed by atoms with Crippen LogP contribution in [0, 0.1) is 0 Å². The van der Waals surface area contributed by atoms with Gasteiger partial charge in [0.2, 0.25) is 5.91 Å². The SMILES string of the molecule is O=C(CCc1ccc2ccccc2c1)Nc1ccc(N2CCCC2)cc1. The van der Waals surface area contributed by atoms with Crippen molar-refractivity contribution in [2.45, 2.75) is 25.7 Å². The van der Waals surface area contributed by atoms with Gasteiger partial charge in [0, 0.05) is 30.9 Å². The van der Waals surface area contributed by atoms with E-state index in [1.807, 2.05) is 24.3 Å². The molecule has 0 unspecified atom stereocenters. The van der Waals surface area contributed by atoms with Gasteiger partial charge < -0.3 is 10.2 Å². The van der Waals surface area contributed by atoms with Crippen molar-refractivity contribution in [2.24, 2.45) is 0 Å². The van der Waals surface area contributed by atoms with E-state index in [2.05, 4.69) is 52.7 Å². The Morgan fingerprint density at radius 2 is 1.62 bits per heavy atom. The fourth-order valence-electron chi connectivity index (χ4n) is 3.61. The number of amides is 1. The summed E-state index contributed by atoms with van der Waals surface area (Å²) in [6, 6.07) is 22.9. The standard InChI is InChI=1S/C23H24N2O/c26-23(14-8-18-7-9-19-5-1-2-6-20(19)17-18)24-21-10-12-22(13-11-21)25-15-3-4-16-25/h1-2,5-7,9-13,17H,3-4,8,14-16H2,(H,24,26). The van der Waals surface area contributed by atoms with Crippen LogP contribution in [-0.2, 0) is 11.2 Å². The molecule has 1 amide bonds. The fraction of sp³-hybridized carbons (Fsp3) is 0.261. The predicted molar refractivity (Wildman–Crippen MR) is 109 cm³/mol. The lowest BCUT2D eigenvalue weighted by atomic mass is 10.0. The van der Waals surface area contributed by atoms with Crippen LogP contribution in [0.3, 0.4) is 0 Å². The molecule has 1 aliphatic heterocycles. The van der Waals surface area contributed by atoms with Crippen LogP contribution in [-0.4, -0.2) is 19.0 Å². The highest BCUT2D eigenvalue weighted by atomic mass is 16.1. The lowest BCUT2D eigenvalue weighted by Gasteiger charge is -2.17. The van der Waals surface area contributed by atoms with Gasteiger partial charge in [0.1, 0.15) is 0 Å². The van der Waals surface area contributed by atoms with E-state index < -0.39 is 0 Å². The number of rotatable bonds is 5. The number of nitrogens with one attached hydrogen (secondary N) is 1. The van der Waals surface area contributed by atoms with E-state index in [0.717, 1.165) is 25.2 Å². The fourth-order valence-corrected chi connectivity index (χ4v) is 3.61. The molecule has 0 atom stereocenters. The van der Waals surface area contributed by atoms with E-state index >= 15 is 0 Å². The molecule has 1 heterocycles. The lowest BCUT2D eigenvalue weighted by Crippen LogP contribution is -2.17. The summed E-state index contributed by atoms with van der Waals surface area (Å²) < 4.78 is 0. The summed E-state index contributed by atoms with van der Waals surface area (Å²) in [6.07, 6.45) is 3.79. The molecule has 1 fully saturated rings. The van der Waals surface area contributed by atoms with E-state index in [1.165, 1.54) is 34.9 Å². The molecule has 4 rings (SSSR count). The van der Waals surface area contributed by atoms with Gasteiger partial charge in [0.25, 0.3) is 0 Å². The van der Waals surface area contributed by atoms with E-state index in [0.29, 0.717) is 6.42 Å². The van der Waals surface area contributed by atoms with Gasteiger partial charge >= 0.3 is 0 Å². The normalized spacial score (nSPS) is 13.9. The van der Waals surface area contributed by atoms with Crippen molar-refractivity contribution in [1.82, 2.24) is 0 Å². The van der Waals surface area contributed by atoms with Gasteiger partial charge in [-0.1, -0.05) is 42.5 Å². The zero-order valence-electron chi connectivity index (χ0n) is 14.9. The number of hydrogen-bond acceptors (Lipinski definition) is 2. The number of benzene rings is 3. The van der Waals surface area contributed by atoms with Gasteiger partial charge in [0.05, 0.1) is 0 Å². The summed E-state index contributed by atoms with van der Waals surface area (Å²) in [6.45, 7) is 2.27. The molecule has 1 N–H and O–H groups in total. The second kappa shape index (κ2) is 7.61. The first kappa shape index (κ1) is 16.6. The summed E-state index contributed by atoms with van der Waals surface area (Å²) in [5.41, 5.74) is 3.32. The highest BCUT2D eigenvalue weighted by Gasteiger charge is 2.12. The number of hydrogen-bond donors (Lipinski definition) is 1. The average Bonchev–Trinajstić information content (AvgIpc) is 3.22. The summed E-state index contributed by atoms with van der Waals surface area (Å²) >= 11 is 0. The molecular formula is C23H24N2O. The van der Waals surface area contributed by atoms with E-state index in [4.69, 9.17) is 0 Å². The molecule has 0 saturated carbocycles. The van der Waals surface area contributed by atoms with Crippen molar-refractivity contribution in [1.29, 1.82) is 0 Å². The molecule has 1 saturated heterocycles. The molecule has 132 valence electrons. The first-order valence-corrected chi connectivity index (χ1v) is 9.40. The maximum atomic E-state index is 12.3. The summed E-state index contributed by atoms with van der Waals surface area (Å²) in [5, 5.41) is 5.47. The summed E-state index contributed by atoms with van der Waals surface area (Å²) in [5.74, 6) is 0.0621. The number of anilines is 2. The van der Waals surface area contributed by atoms with Crippen molar-refractivity contribution in [3.63, 3.8) is 0 Å². The van der Waals surface area contributed by atoms with Gasteiger partial charge in [-0.05, 0) is 59.9 Å². The van der Waals surface area contributed by atoms with Crippen LogP contribution in [0.25, 0.3) is 10.8 Å². The number of fused-ring (bicyclic) bond motifs is 1. The van der Waals surface area contributed by atoms with Crippen LogP contribution in [0.4, 0.5) is 11.4 Å². The van der Waals surface area contributed by atoms with Gasteiger partial charge in [0.15, 0.2) is 0 Å². The van der Waals surface area contributed by atoms with Crippen LogP contribution in [0.5, 0.6) is 0 Å². The summed E-state index contributed by atoms with van der Waals surface area (Å²) in [4.78, 5) is 14.7. The largest absolute Gasteiger partial charge is 0.372 e. The Morgan fingerprint density at radius 1 is 0.885 bits per heavy atom. The molecule has 3 aromatic carbocycles. The Morgan fingerprint density at radius 3 is 2.38 bits per heavy atom. The third-order valence-corrected chi connectivity index (χ3v) is 5.08. The second-order valence-corrected chi connectivity index (χ2v) is 6.97. The molecule has 26 heavy (non-hydrogen) atoms. The maximum Gasteiger partial charge on any atom is 0.224 e. The number of nitrogens with zero attached hydrogens (tertiary/aromatic N) is 1. The number of aryl methyl sites for hydroxylation is 1. The van der Waals surface area contributed by atoms with Gasteiger partial charge in [-0.3, -0.25) is 4.79 Å². The Balaban J connectivity index is 1.33. The highest BCUT2D eigenvalue weighted by molar-refractivity contribution is 5.91. The van der Waals surface area contributed by atoms with E-state index in [9.17, 15) is 4.79 Å². The molecule has 3 aromatic rings. The lowest BCUT2D eigenvalue weighted by molar-refractivity contribution is -0.116. The van der Waals surface area contributed by atoms with E-state index in [-0.39, 0.29) is 5.91 Å². The zero-order chi connectivity index (χ0) is 17.8. The van der Waals surface area contributed by atoms with Crippen LogP contribution in [0.15, 0.2) is 66.7 Å². The van der Waals surface area contributed by atoms with Gasteiger partial charge in [-0.2, -0.15) is 0 Å². The quantitative estimate of drug-likeness (QED) is 0.705. The van der Waals surface area contributed by atoms with Crippen LogP contribution < -0.4 is 10.2 Å². The van der Waals surface area contributed by atoms with Crippen LogP contribution in [0.1, 0.15) is 24.8 Å². The van der Waals surface area contributed by atoms with Crippen molar-refractivity contribution in [2.75, 3.05) is 23.3 Å². The number of carbonyl (C=O) groups excluding carboxylic acids is 1.